The highest BCUT2D eigenvalue weighted by atomic mass is 19.4. The number of hydrazone groups is 1. The van der Waals surface area contributed by atoms with Crippen molar-refractivity contribution in [2.75, 3.05) is 7.11 Å². The Bertz CT molecular complexity index is 1400. The zero-order valence-corrected chi connectivity index (χ0v) is 18.6. The molecule has 0 atom stereocenters. The van der Waals surface area contributed by atoms with Gasteiger partial charge in [0.25, 0.3) is 5.91 Å². The molecule has 0 bridgehead atoms. The van der Waals surface area contributed by atoms with Crippen molar-refractivity contribution in [3.63, 3.8) is 0 Å². The number of nitrogens with zero attached hydrogens (tertiary/aromatic N) is 2. The molecule has 0 aromatic heterocycles. The molecular formula is C26H18F3N3O3. The number of amides is 1. The van der Waals surface area contributed by atoms with Crippen molar-refractivity contribution < 1.29 is 27.4 Å². The van der Waals surface area contributed by atoms with Crippen molar-refractivity contribution in [1.82, 2.24) is 5.43 Å². The summed E-state index contributed by atoms with van der Waals surface area (Å²) < 4.78 is 51.1. The first-order valence-electron chi connectivity index (χ1n) is 10.3. The Labute approximate surface area is 198 Å². The van der Waals surface area contributed by atoms with Gasteiger partial charge < -0.3 is 9.47 Å². The number of nitrogens with one attached hydrogen (secondary N) is 1. The fourth-order valence-corrected chi connectivity index (χ4v) is 3.72. The number of rotatable bonds is 5. The summed E-state index contributed by atoms with van der Waals surface area (Å²) in [7, 11) is 1.40. The van der Waals surface area contributed by atoms with Crippen LogP contribution in [0.5, 0.6) is 17.2 Å². The lowest BCUT2D eigenvalue weighted by Gasteiger charge is -2.16. The topological polar surface area (TPSA) is 83.7 Å². The van der Waals surface area contributed by atoms with E-state index < -0.39 is 17.3 Å². The van der Waals surface area contributed by atoms with Gasteiger partial charge in [-0.2, -0.15) is 23.5 Å². The van der Waals surface area contributed by atoms with Crippen LogP contribution in [-0.2, 0) is 11.0 Å². The summed E-state index contributed by atoms with van der Waals surface area (Å²) in [5.41, 5.74) is 3.79. The lowest BCUT2D eigenvalue weighted by Crippen LogP contribution is -2.15. The minimum absolute atomic E-state index is 0.109. The summed E-state index contributed by atoms with van der Waals surface area (Å²) in [4.78, 5) is 12.5. The van der Waals surface area contributed by atoms with Gasteiger partial charge in [-0.25, -0.2) is 5.43 Å². The first kappa shape index (κ1) is 23.6. The molecule has 0 spiro atoms. The molecular weight excluding hydrogens is 459 g/mol. The number of ether oxygens (including phenoxy) is 2. The minimum Gasteiger partial charge on any atom is -0.493 e. The number of halogens is 3. The van der Waals surface area contributed by atoms with Crippen LogP contribution < -0.4 is 14.9 Å². The standard InChI is InChI=1S/C26H18F3N3O3/c1-15-23(25(33)32-31-15)24(16-6-4-3-5-7-16)17-9-11-21(22(12-17)34-2)35-19-10-8-18(14-30)20(13-19)26(27,28)29/h3-13H,1-2H3,(H,32,33). The van der Waals surface area contributed by atoms with Gasteiger partial charge in [0.05, 0.1) is 35.6 Å². The van der Waals surface area contributed by atoms with E-state index in [0.29, 0.717) is 22.4 Å². The van der Waals surface area contributed by atoms with Crippen LogP contribution in [0, 0.1) is 11.3 Å². The Morgan fingerprint density at radius 2 is 1.74 bits per heavy atom. The molecule has 176 valence electrons. The third-order valence-corrected chi connectivity index (χ3v) is 5.32. The number of hydrogen-bond donors (Lipinski definition) is 1. The lowest BCUT2D eigenvalue weighted by atomic mass is 9.91. The van der Waals surface area contributed by atoms with E-state index in [4.69, 9.17) is 14.7 Å². The van der Waals surface area contributed by atoms with Crippen molar-refractivity contribution >= 4 is 17.2 Å². The minimum atomic E-state index is -4.71. The highest BCUT2D eigenvalue weighted by Gasteiger charge is 2.34. The fraction of sp³-hybridized carbons (Fsp3) is 0.115. The molecule has 6 nitrogen and oxygen atoms in total. The van der Waals surface area contributed by atoms with Gasteiger partial charge >= 0.3 is 6.18 Å². The van der Waals surface area contributed by atoms with Crippen LogP contribution in [0.4, 0.5) is 13.2 Å². The van der Waals surface area contributed by atoms with Crippen LogP contribution >= 0.6 is 0 Å². The SMILES string of the molecule is COc1cc(C(=C2C(=O)NN=C2C)c2ccccc2)ccc1Oc1ccc(C#N)c(C(F)(F)F)c1. The zero-order valence-electron chi connectivity index (χ0n) is 18.6. The van der Waals surface area contributed by atoms with Crippen LogP contribution in [0.1, 0.15) is 29.2 Å². The number of methoxy groups -OCH3 is 1. The monoisotopic (exact) mass is 477 g/mol. The Morgan fingerprint density at radius 3 is 2.34 bits per heavy atom. The molecule has 1 aliphatic heterocycles. The molecule has 0 saturated heterocycles. The fourth-order valence-electron chi connectivity index (χ4n) is 3.72. The third kappa shape index (κ3) is 4.73. The second-order valence-electron chi connectivity index (χ2n) is 7.54. The second-order valence-corrected chi connectivity index (χ2v) is 7.54. The van der Waals surface area contributed by atoms with Crippen LogP contribution in [0.25, 0.3) is 5.57 Å². The summed E-state index contributed by atoms with van der Waals surface area (Å²) in [6, 6.07) is 18.7. The first-order valence-corrected chi connectivity index (χ1v) is 10.3. The van der Waals surface area contributed by atoms with E-state index in [9.17, 15) is 18.0 Å². The highest BCUT2D eigenvalue weighted by Crippen LogP contribution is 2.39. The van der Waals surface area contributed by atoms with Gasteiger partial charge in [-0.1, -0.05) is 36.4 Å². The van der Waals surface area contributed by atoms with E-state index in [0.717, 1.165) is 17.7 Å². The summed E-state index contributed by atoms with van der Waals surface area (Å²) >= 11 is 0. The molecule has 9 heteroatoms. The predicted molar refractivity (Wildman–Crippen MR) is 123 cm³/mol. The zero-order chi connectivity index (χ0) is 25.2. The molecule has 0 radical (unpaired) electrons. The first-order chi connectivity index (χ1) is 16.7. The summed E-state index contributed by atoms with van der Waals surface area (Å²) in [5, 5.41) is 13.0. The van der Waals surface area contributed by atoms with E-state index in [2.05, 4.69) is 10.5 Å². The number of carbonyl (C=O) groups is 1. The molecule has 4 rings (SSSR count). The van der Waals surface area contributed by atoms with Crippen LogP contribution in [-0.4, -0.2) is 18.7 Å². The van der Waals surface area contributed by atoms with E-state index in [-0.39, 0.29) is 23.2 Å². The number of nitriles is 1. The maximum atomic E-state index is 13.3. The number of benzene rings is 3. The van der Waals surface area contributed by atoms with Crippen LogP contribution in [0.3, 0.4) is 0 Å². The Morgan fingerprint density at radius 1 is 1.00 bits per heavy atom. The highest BCUT2D eigenvalue weighted by molar-refractivity contribution is 6.29. The molecule has 0 aliphatic carbocycles. The Balaban J connectivity index is 1.79. The predicted octanol–water partition coefficient (Wildman–Crippen LogP) is 5.69. The maximum Gasteiger partial charge on any atom is 0.417 e. The van der Waals surface area contributed by atoms with Gasteiger partial charge in [0.1, 0.15) is 5.75 Å². The molecule has 1 aliphatic rings. The molecule has 1 amide bonds. The average Bonchev–Trinajstić information content (AvgIpc) is 3.18. The van der Waals surface area contributed by atoms with Crippen molar-refractivity contribution in [3.8, 4) is 23.3 Å². The van der Waals surface area contributed by atoms with E-state index in [1.807, 2.05) is 30.3 Å². The molecule has 0 unspecified atom stereocenters. The van der Waals surface area contributed by atoms with Crippen molar-refractivity contribution in [1.29, 1.82) is 5.26 Å². The van der Waals surface area contributed by atoms with Crippen LogP contribution in [0.2, 0.25) is 0 Å². The quantitative estimate of drug-likeness (QED) is 0.479. The number of hydrogen-bond acceptors (Lipinski definition) is 5. The average molecular weight is 477 g/mol. The van der Waals surface area contributed by atoms with E-state index in [1.165, 1.54) is 19.2 Å². The van der Waals surface area contributed by atoms with E-state index >= 15 is 0 Å². The van der Waals surface area contributed by atoms with Gasteiger partial charge in [-0.3, -0.25) is 4.79 Å². The maximum absolute atomic E-state index is 13.3. The molecule has 3 aromatic carbocycles. The molecule has 3 aromatic rings. The lowest BCUT2D eigenvalue weighted by molar-refractivity contribution is -0.137. The molecule has 1 N–H and O–H groups in total. The van der Waals surface area contributed by atoms with Gasteiger partial charge in [0.15, 0.2) is 11.5 Å². The van der Waals surface area contributed by atoms with Gasteiger partial charge in [0.2, 0.25) is 0 Å². The summed E-state index contributed by atoms with van der Waals surface area (Å²) in [5.74, 6) is -0.0599. The van der Waals surface area contributed by atoms with Crippen LogP contribution in [0.15, 0.2) is 77.4 Å². The second kappa shape index (κ2) is 9.35. The van der Waals surface area contributed by atoms with Gasteiger partial charge in [-0.15, -0.1) is 0 Å². The van der Waals surface area contributed by atoms with E-state index in [1.54, 1.807) is 25.1 Å². The summed E-state index contributed by atoms with van der Waals surface area (Å²) in [6.45, 7) is 1.72. The third-order valence-electron chi connectivity index (χ3n) is 5.32. The molecule has 0 saturated carbocycles. The molecule has 0 fully saturated rings. The molecule has 35 heavy (non-hydrogen) atoms. The summed E-state index contributed by atoms with van der Waals surface area (Å²) in [6.07, 6.45) is -4.71. The number of carbonyl (C=O) groups excluding carboxylic acids is 1. The number of alkyl halides is 3. The van der Waals surface area contributed by atoms with Crippen molar-refractivity contribution in [3.05, 3.63) is 94.6 Å². The normalized spacial score (nSPS) is 14.6. The largest absolute Gasteiger partial charge is 0.493 e. The Kier molecular flexibility index (Phi) is 6.30. The smallest absolute Gasteiger partial charge is 0.417 e. The van der Waals surface area contributed by atoms with Gasteiger partial charge in [-0.05, 0) is 48.4 Å². The van der Waals surface area contributed by atoms with Gasteiger partial charge in [0, 0.05) is 5.57 Å². The van der Waals surface area contributed by atoms with Crippen molar-refractivity contribution in [2.45, 2.75) is 13.1 Å². The van der Waals surface area contributed by atoms with Crippen molar-refractivity contribution in [2.24, 2.45) is 5.10 Å². The Hall–Kier alpha value is -4.58. The molecule has 1 heterocycles.